The fourth-order valence-corrected chi connectivity index (χ4v) is 3.51. The Morgan fingerprint density at radius 1 is 1.37 bits per heavy atom. The number of rotatable bonds is 4. The summed E-state index contributed by atoms with van der Waals surface area (Å²) in [5.74, 6) is 0. The number of hydrogen-bond acceptors (Lipinski definition) is 3. The molecule has 100 valence electrons. The van der Waals surface area contributed by atoms with Gasteiger partial charge in [-0.3, -0.25) is 0 Å². The van der Waals surface area contributed by atoms with Crippen LogP contribution in [0.4, 0.5) is 0 Å². The van der Waals surface area contributed by atoms with Crippen LogP contribution in [-0.2, 0) is 6.54 Å². The Morgan fingerprint density at radius 3 is 2.89 bits per heavy atom. The molecule has 1 aliphatic rings. The van der Waals surface area contributed by atoms with Crippen molar-refractivity contribution in [2.75, 3.05) is 0 Å². The lowest BCUT2D eigenvalue weighted by Crippen LogP contribution is -2.14. The second-order valence-corrected chi connectivity index (χ2v) is 7.14. The first-order chi connectivity index (χ1) is 9.13. The third-order valence-electron chi connectivity index (χ3n) is 3.45. The van der Waals surface area contributed by atoms with Gasteiger partial charge in [0.15, 0.2) is 0 Å². The lowest BCUT2D eigenvalue weighted by molar-refractivity contribution is 0.691. The summed E-state index contributed by atoms with van der Waals surface area (Å²) in [5.41, 5.74) is 3.67. The number of halogens is 1. The van der Waals surface area contributed by atoms with Crippen molar-refractivity contribution in [2.45, 2.75) is 39.3 Å². The van der Waals surface area contributed by atoms with Crippen molar-refractivity contribution >= 4 is 27.3 Å². The van der Waals surface area contributed by atoms with Gasteiger partial charge in [0.25, 0.3) is 0 Å². The highest BCUT2D eigenvalue weighted by Crippen LogP contribution is 2.32. The molecule has 0 amide bonds. The molecule has 2 nitrogen and oxygen atoms in total. The predicted octanol–water partition coefficient (Wildman–Crippen LogP) is 4.44. The summed E-state index contributed by atoms with van der Waals surface area (Å²) in [6, 6.07) is 7.12. The highest BCUT2D eigenvalue weighted by molar-refractivity contribution is 9.10. The first kappa shape index (κ1) is 13.3. The molecule has 1 aromatic heterocycles. The van der Waals surface area contributed by atoms with Gasteiger partial charge in [0, 0.05) is 27.5 Å². The molecule has 1 aromatic carbocycles. The monoisotopic (exact) mass is 336 g/mol. The minimum atomic E-state index is 0.748. The van der Waals surface area contributed by atoms with E-state index in [-0.39, 0.29) is 0 Å². The Hall–Kier alpha value is -0.710. The Kier molecular flexibility index (Phi) is 3.74. The van der Waals surface area contributed by atoms with E-state index in [0.717, 1.165) is 27.8 Å². The maximum atomic E-state index is 4.74. The Morgan fingerprint density at radius 2 is 2.16 bits per heavy atom. The van der Waals surface area contributed by atoms with Crippen LogP contribution in [0, 0.1) is 13.8 Å². The molecule has 1 N–H and O–H groups in total. The van der Waals surface area contributed by atoms with Crippen molar-refractivity contribution in [1.82, 2.24) is 10.3 Å². The van der Waals surface area contributed by atoms with E-state index in [0.29, 0.717) is 0 Å². The third kappa shape index (κ3) is 3.07. The van der Waals surface area contributed by atoms with Crippen LogP contribution in [0.2, 0.25) is 0 Å². The molecule has 0 aliphatic heterocycles. The summed E-state index contributed by atoms with van der Waals surface area (Å²) in [6.45, 7) is 5.21. The largest absolute Gasteiger partial charge is 0.309 e. The first-order valence-electron chi connectivity index (χ1n) is 6.59. The van der Waals surface area contributed by atoms with Crippen LogP contribution in [-0.4, -0.2) is 11.0 Å². The van der Waals surface area contributed by atoms with E-state index < -0.39 is 0 Å². The Labute approximate surface area is 126 Å². The van der Waals surface area contributed by atoms with Gasteiger partial charge in [0.2, 0.25) is 0 Å². The van der Waals surface area contributed by atoms with E-state index in [1.54, 1.807) is 0 Å². The number of aromatic nitrogens is 1. The molecule has 0 atom stereocenters. The second kappa shape index (κ2) is 5.35. The highest BCUT2D eigenvalue weighted by atomic mass is 79.9. The molecule has 1 heterocycles. The van der Waals surface area contributed by atoms with E-state index in [1.165, 1.54) is 28.8 Å². The van der Waals surface area contributed by atoms with Crippen molar-refractivity contribution in [2.24, 2.45) is 0 Å². The molecule has 3 rings (SSSR count). The normalized spacial score (nSPS) is 14.9. The maximum Gasteiger partial charge on any atom is 0.124 e. The van der Waals surface area contributed by atoms with E-state index in [1.807, 2.05) is 11.3 Å². The van der Waals surface area contributed by atoms with Crippen molar-refractivity contribution in [3.05, 3.63) is 38.8 Å². The van der Waals surface area contributed by atoms with Gasteiger partial charge >= 0.3 is 0 Å². The number of hydrogen-bond donors (Lipinski definition) is 1. The summed E-state index contributed by atoms with van der Waals surface area (Å²) in [5, 5.41) is 4.69. The van der Waals surface area contributed by atoms with Crippen LogP contribution in [0.25, 0.3) is 10.6 Å². The molecule has 1 saturated carbocycles. The van der Waals surface area contributed by atoms with Crippen LogP contribution < -0.4 is 5.32 Å². The SMILES string of the molecule is Cc1ccc(Br)cc1-c1nc(C)c(CNC2CC2)s1. The minimum Gasteiger partial charge on any atom is -0.309 e. The van der Waals surface area contributed by atoms with Crippen molar-refractivity contribution in [3.8, 4) is 10.6 Å². The van der Waals surface area contributed by atoms with Gasteiger partial charge in [-0.2, -0.15) is 0 Å². The van der Waals surface area contributed by atoms with Gasteiger partial charge in [0.1, 0.15) is 5.01 Å². The van der Waals surface area contributed by atoms with Crippen LogP contribution >= 0.6 is 27.3 Å². The van der Waals surface area contributed by atoms with E-state index in [4.69, 9.17) is 4.98 Å². The molecule has 0 bridgehead atoms. The first-order valence-corrected chi connectivity index (χ1v) is 8.20. The molecule has 1 fully saturated rings. The molecular weight excluding hydrogens is 320 g/mol. The molecule has 0 radical (unpaired) electrons. The number of benzene rings is 1. The van der Waals surface area contributed by atoms with E-state index in [2.05, 4.69) is 53.3 Å². The van der Waals surface area contributed by atoms with Crippen LogP contribution in [0.15, 0.2) is 22.7 Å². The summed E-state index contributed by atoms with van der Waals surface area (Å²) in [7, 11) is 0. The smallest absolute Gasteiger partial charge is 0.124 e. The average Bonchev–Trinajstić information content (AvgIpc) is 3.14. The van der Waals surface area contributed by atoms with E-state index in [9.17, 15) is 0 Å². The van der Waals surface area contributed by atoms with Gasteiger partial charge in [-0.25, -0.2) is 4.98 Å². The molecular formula is C15H17BrN2S. The summed E-state index contributed by atoms with van der Waals surface area (Å²) < 4.78 is 1.11. The summed E-state index contributed by atoms with van der Waals surface area (Å²) in [4.78, 5) is 6.10. The zero-order valence-electron chi connectivity index (χ0n) is 11.2. The lowest BCUT2D eigenvalue weighted by atomic mass is 10.1. The molecule has 2 aromatic rings. The molecule has 0 spiro atoms. The van der Waals surface area contributed by atoms with E-state index >= 15 is 0 Å². The van der Waals surface area contributed by atoms with Crippen LogP contribution in [0.5, 0.6) is 0 Å². The lowest BCUT2D eigenvalue weighted by Gasteiger charge is -2.02. The van der Waals surface area contributed by atoms with Crippen molar-refractivity contribution in [3.63, 3.8) is 0 Å². The van der Waals surface area contributed by atoms with Crippen molar-refractivity contribution in [1.29, 1.82) is 0 Å². The quantitative estimate of drug-likeness (QED) is 0.892. The molecule has 0 saturated heterocycles. The highest BCUT2D eigenvalue weighted by Gasteiger charge is 2.21. The summed E-state index contributed by atoms with van der Waals surface area (Å²) >= 11 is 5.35. The molecule has 4 heteroatoms. The zero-order valence-corrected chi connectivity index (χ0v) is 13.6. The van der Waals surface area contributed by atoms with Gasteiger partial charge in [-0.15, -0.1) is 11.3 Å². The second-order valence-electron chi connectivity index (χ2n) is 5.14. The summed E-state index contributed by atoms with van der Waals surface area (Å²) in [6.07, 6.45) is 2.66. The number of nitrogens with zero attached hydrogens (tertiary/aromatic N) is 1. The number of nitrogens with one attached hydrogen (secondary N) is 1. The van der Waals surface area contributed by atoms with Gasteiger partial charge in [-0.1, -0.05) is 22.0 Å². The van der Waals surface area contributed by atoms with Crippen LogP contribution in [0.3, 0.4) is 0 Å². The fraction of sp³-hybridized carbons (Fsp3) is 0.400. The third-order valence-corrected chi connectivity index (χ3v) is 5.14. The zero-order chi connectivity index (χ0) is 13.4. The molecule has 1 aliphatic carbocycles. The van der Waals surface area contributed by atoms with Gasteiger partial charge in [0.05, 0.1) is 5.69 Å². The fourth-order valence-electron chi connectivity index (χ4n) is 2.06. The Balaban J connectivity index is 1.87. The average molecular weight is 337 g/mol. The standard InChI is InChI=1S/C15H17BrN2S/c1-9-3-4-11(16)7-13(9)15-18-10(2)14(19-15)8-17-12-5-6-12/h3-4,7,12,17H,5-6,8H2,1-2H3. The number of thiazole rings is 1. The molecule has 19 heavy (non-hydrogen) atoms. The van der Waals surface area contributed by atoms with Crippen molar-refractivity contribution < 1.29 is 0 Å². The van der Waals surface area contributed by atoms with Crippen LogP contribution in [0.1, 0.15) is 29.0 Å². The Bertz CT molecular complexity index is 602. The molecule has 0 unspecified atom stereocenters. The van der Waals surface area contributed by atoms with Gasteiger partial charge < -0.3 is 5.32 Å². The minimum absolute atomic E-state index is 0.748. The predicted molar refractivity (Wildman–Crippen MR) is 84.6 cm³/mol. The number of aryl methyl sites for hydroxylation is 2. The maximum absolute atomic E-state index is 4.74. The topological polar surface area (TPSA) is 24.9 Å². The van der Waals surface area contributed by atoms with Gasteiger partial charge in [-0.05, 0) is 44.4 Å².